The van der Waals surface area contributed by atoms with Crippen molar-refractivity contribution < 1.29 is 4.52 Å². The van der Waals surface area contributed by atoms with Gasteiger partial charge in [0.15, 0.2) is 5.82 Å². The Morgan fingerprint density at radius 1 is 1.12 bits per heavy atom. The maximum Gasteiger partial charge on any atom is 0.223 e. The largest absolute Gasteiger partial charge is 0.340 e. The van der Waals surface area contributed by atoms with Gasteiger partial charge in [0, 0.05) is 32.9 Å². The van der Waals surface area contributed by atoms with Crippen LogP contribution in [0.25, 0.3) is 0 Å². The number of aryl methyl sites for hydroxylation is 2. The molecule has 130 valence electrons. The molecule has 1 fully saturated rings. The summed E-state index contributed by atoms with van der Waals surface area (Å²) < 4.78 is 7.46. The smallest absolute Gasteiger partial charge is 0.223 e. The van der Waals surface area contributed by atoms with Gasteiger partial charge in [-0.05, 0) is 38.1 Å². The third-order valence-corrected chi connectivity index (χ3v) is 5.20. The normalized spacial score (nSPS) is 22.3. The molecule has 2 aromatic heterocycles. The van der Waals surface area contributed by atoms with Crippen LogP contribution in [-0.4, -0.2) is 42.9 Å². The topological polar surface area (TPSA) is 72.9 Å². The first kappa shape index (κ1) is 15.7. The number of nitrogens with zero attached hydrogens (tertiary/aromatic N) is 6. The number of rotatable bonds is 4. The molecular formula is C17H26N6O. The molecule has 0 amide bonds. The molecule has 4 heterocycles. The molecule has 0 N–H and O–H groups in total. The van der Waals surface area contributed by atoms with Crippen LogP contribution in [0.5, 0.6) is 0 Å². The van der Waals surface area contributed by atoms with E-state index in [4.69, 9.17) is 4.52 Å². The van der Waals surface area contributed by atoms with Crippen molar-refractivity contribution in [2.24, 2.45) is 5.92 Å². The number of likely N-dealkylation sites (tertiary alicyclic amines) is 1. The second kappa shape index (κ2) is 7.01. The zero-order valence-electron chi connectivity index (χ0n) is 14.4. The second-order valence-electron chi connectivity index (χ2n) is 7.17. The fourth-order valence-corrected chi connectivity index (χ4v) is 4.01. The van der Waals surface area contributed by atoms with Crippen molar-refractivity contribution in [3.05, 3.63) is 23.4 Å². The van der Waals surface area contributed by atoms with Crippen LogP contribution in [-0.2, 0) is 25.9 Å². The number of piperidine rings is 1. The van der Waals surface area contributed by atoms with Crippen molar-refractivity contribution in [1.82, 2.24) is 29.8 Å². The minimum absolute atomic E-state index is 0.599. The summed E-state index contributed by atoms with van der Waals surface area (Å²) in [6.45, 7) is 6.06. The van der Waals surface area contributed by atoms with Gasteiger partial charge in [-0.2, -0.15) is 4.98 Å². The lowest BCUT2D eigenvalue weighted by Gasteiger charge is -2.31. The van der Waals surface area contributed by atoms with Gasteiger partial charge in [-0.3, -0.25) is 4.90 Å². The predicted molar refractivity (Wildman–Crippen MR) is 88.3 cm³/mol. The van der Waals surface area contributed by atoms with E-state index in [0.717, 1.165) is 50.7 Å². The fourth-order valence-electron chi connectivity index (χ4n) is 4.01. The minimum atomic E-state index is 0.599. The van der Waals surface area contributed by atoms with E-state index in [1.54, 1.807) is 0 Å². The summed E-state index contributed by atoms with van der Waals surface area (Å²) in [6.07, 6.45) is 8.24. The molecule has 2 aliphatic rings. The lowest BCUT2D eigenvalue weighted by molar-refractivity contribution is 0.159. The molecule has 0 bridgehead atoms. The van der Waals surface area contributed by atoms with E-state index in [-0.39, 0.29) is 0 Å². The molecule has 0 spiro atoms. The zero-order chi connectivity index (χ0) is 16.4. The molecule has 1 atom stereocenters. The van der Waals surface area contributed by atoms with Gasteiger partial charge in [-0.1, -0.05) is 11.6 Å². The molecule has 1 saturated heterocycles. The third kappa shape index (κ3) is 3.50. The summed E-state index contributed by atoms with van der Waals surface area (Å²) >= 11 is 0. The highest BCUT2D eigenvalue weighted by atomic mass is 16.5. The molecule has 1 unspecified atom stereocenters. The van der Waals surface area contributed by atoms with Crippen LogP contribution in [0.3, 0.4) is 0 Å². The standard InChI is InChI=1S/C17H26N6O/c1-13-18-15(21-24-13)10-14-6-5-8-22(11-14)12-17-20-19-16-7-3-2-4-9-23(16)17/h14H,2-12H2,1H3. The Hall–Kier alpha value is -1.76. The number of hydrogen-bond acceptors (Lipinski definition) is 6. The van der Waals surface area contributed by atoms with E-state index in [1.807, 2.05) is 6.92 Å². The van der Waals surface area contributed by atoms with Crippen molar-refractivity contribution in [2.45, 2.75) is 65.0 Å². The van der Waals surface area contributed by atoms with Crippen molar-refractivity contribution in [1.29, 1.82) is 0 Å². The Morgan fingerprint density at radius 2 is 2.08 bits per heavy atom. The maximum atomic E-state index is 5.10. The molecule has 7 heteroatoms. The predicted octanol–water partition coefficient (Wildman–Crippen LogP) is 2.15. The van der Waals surface area contributed by atoms with Crippen LogP contribution >= 0.6 is 0 Å². The van der Waals surface area contributed by atoms with E-state index in [0.29, 0.717) is 11.8 Å². The van der Waals surface area contributed by atoms with E-state index >= 15 is 0 Å². The molecule has 4 rings (SSSR count). The monoisotopic (exact) mass is 330 g/mol. The molecule has 2 aliphatic heterocycles. The SMILES string of the molecule is Cc1nc(CC2CCCN(Cc3nnc4n3CCCCC4)C2)no1. The maximum absolute atomic E-state index is 5.10. The number of hydrogen-bond donors (Lipinski definition) is 0. The molecule has 2 aromatic rings. The van der Waals surface area contributed by atoms with Crippen LogP contribution in [0.1, 0.15) is 55.5 Å². The van der Waals surface area contributed by atoms with Gasteiger partial charge in [0.05, 0.1) is 6.54 Å². The summed E-state index contributed by atoms with van der Waals surface area (Å²) in [7, 11) is 0. The Kier molecular flexibility index (Phi) is 4.60. The van der Waals surface area contributed by atoms with Crippen LogP contribution < -0.4 is 0 Å². The van der Waals surface area contributed by atoms with Crippen molar-refractivity contribution in [3.8, 4) is 0 Å². The molecule has 24 heavy (non-hydrogen) atoms. The van der Waals surface area contributed by atoms with Gasteiger partial charge in [0.1, 0.15) is 11.6 Å². The Balaban J connectivity index is 1.39. The van der Waals surface area contributed by atoms with E-state index < -0.39 is 0 Å². The van der Waals surface area contributed by atoms with Crippen LogP contribution in [0.4, 0.5) is 0 Å². The molecule has 0 aliphatic carbocycles. The van der Waals surface area contributed by atoms with Crippen molar-refractivity contribution in [2.75, 3.05) is 13.1 Å². The quantitative estimate of drug-likeness (QED) is 0.855. The molecular weight excluding hydrogens is 304 g/mol. The van der Waals surface area contributed by atoms with Crippen molar-refractivity contribution >= 4 is 0 Å². The highest BCUT2D eigenvalue weighted by Crippen LogP contribution is 2.22. The zero-order valence-corrected chi connectivity index (χ0v) is 14.4. The highest BCUT2D eigenvalue weighted by Gasteiger charge is 2.24. The molecule has 0 aromatic carbocycles. The van der Waals surface area contributed by atoms with Gasteiger partial charge >= 0.3 is 0 Å². The van der Waals surface area contributed by atoms with Gasteiger partial charge < -0.3 is 9.09 Å². The lowest BCUT2D eigenvalue weighted by Crippen LogP contribution is -2.36. The average Bonchev–Trinajstić information content (AvgIpc) is 3.06. The summed E-state index contributed by atoms with van der Waals surface area (Å²) in [5, 5.41) is 13.0. The second-order valence-corrected chi connectivity index (χ2v) is 7.17. The highest BCUT2D eigenvalue weighted by molar-refractivity contribution is 4.98. The Bertz CT molecular complexity index is 678. The Labute approximate surface area is 142 Å². The molecule has 0 radical (unpaired) electrons. The van der Waals surface area contributed by atoms with Crippen LogP contribution in [0.2, 0.25) is 0 Å². The first-order valence-electron chi connectivity index (χ1n) is 9.20. The Morgan fingerprint density at radius 3 is 2.96 bits per heavy atom. The summed E-state index contributed by atoms with van der Waals surface area (Å²) in [4.78, 5) is 6.87. The van der Waals surface area contributed by atoms with Gasteiger partial charge in [0.2, 0.25) is 5.89 Å². The molecule has 0 saturated carbocycles. The third-order valence-electron chi connectivity index (χ3n) is 5.20. The number of aromatic nitrogens is 5. The van der Waals surface area contributed by atoms with Crippen molar-refractivity contribution in [3.63, 3.8) is 0 Å². The summed E-state index contributed by atoms with van der Waals surface area (Å²) in [6, 6.07) is 0. The van der Waals surface area contributed by atoms with Crippen LogP contribution in [0, 0.1) is 12.8 Å². The van der Waals surface area contributed by atoms with E-state index in [2.05, 4.69) is 29.8 Å². The van der Waals surface area contributed by atoms with Crippen LogP contribution in [0.15, 0.2) is 4.52 Å². The van der Waals surface area contributed by atoms with Gasteiger partial charge in [-0.25, -0.2) is 0 Å². The van der Waals surface area contributed by atoms with Gasteiger partial charge in [0.25, 0.3) is 0 Å². The summed E-state index contributed by atoms with van der Waals surface area (Å²) in [5.74, 6) is 4.42. The lowest BCUT2D eigenvalue weighted by atomic mass is 9.94. The first-order valence-corrected chi connectivity index (χ1v) is 9.20. The van der Waals surface area contributed by atoms with E-state index in [1.165, 1.54) is 37.9 Å². The summed E-state index contributed by atoms with van der Waals surface area (Å²) in [5.41, 5.74) is 0. The first-order chi connectivity index (χ1) is 11.8. The number of fused-ring (bicyclic) bond motifs is 1. The fraction of sp³-hybridized carbons (Fsp3) is 0.765. The van der Waals surface area contributed by atoms with Gasteiger partial charge in [-0.15, -0.1) is 10.2 Å². The molecule has 7 nitrogen and oxygen atoms in total. The average molecular weight is 330 g/mol. The van der Waals surface area contributed by atoms with E-state index in [9.17, 15) is 0 Å². The minimum Gasteiger partial charge on any atom is -0.340 e.